The molecule has 0 radical (unpaired) electrons. The summed E-state index contributed by atoms with van der Waals surface area (Å²) in [6, 6.07) is 3.75. The zero-order chi connectivity index (χ0) is 10.8. The third kappa shape index (κ3) is 2.45. The van der Waals surface area contributed by atoms with Crippen LogP contribution in [0, 0.1) is 13.8 Å². The lowest BCUT2D eigenvalue weighted by Crippen LogP contribution is -1.93. The summed E-state index contributed by atoms with van der Waals surface area (Å²) in [6.45, 7) is 3.81. The highest BCUT2D eigenvalue weighted by atomic mass is 32.2. The zero-order valence-corrected chi connectivity index (χ0v) is 10.0. The van der Waals surface area contributed by atoms with Crippen molar-refractivity contribution in [3.05, 3.63) is 23.7 Å². The second-order valence-electron chi connectivity index (χ2n) is 3.06. The standard InChI is InChI=1S/C9H10N4S2/c1-5-3-4-7(10)8(11-5)14-9-12-6(2)13-15-9/h3-4H,10H2,1-2H3. The molecule has 2 heterocycles. The number of aryl methyl sites for hydroxylation is 2. The number of rotatable bonds is 2. The summed E-state index contributed by atoms with van der Waals surface area (Å²) in [5, 5.41) is 0.797. The summed E-state index contributed by atoms with van der Waals surface area (Å²) in [5.74, 6) is 0.786. The van der Waals surface area contributed by atoms with Crippen LogP contribution in [-0.2, 0) is 0 Å². The summed E-state index contributed by atoms with van der Waals surface area (Å²) < 4.78 is 4.98. The lowest BCUT2D eigenvalue weighted by Gasteiger charge is -2.02. The molecular formula is C9H10N4S2. The number of hydrogen-bond acceptors (Lipinski definition) is 6. The van der Waals surface area contributed by atoms with Gasteiger partial charge >= 0.3 is 0 Å². The van der Waals surface area contributed by atoms with Crippen molar-refractivity contribution in [2.45, 2.75) is 23.2 Å². The number of nitrogens with two attached hydrogens (primary N) is 1. The van der Waals surface area contributed by atoms with E-state index in [0.29, 0.717) is 5.69 Å². The Bertz CT molecular complexity index is 481. The van der Waals surface area contributed by atoms with E-state index in [2.05, 4.69) is 14.3 Å². The van der Waals surface area contributed by atoms with Crippen molar-refractivity contribution in [1.29, 1.82) is 0 Å². The van der Waals surface area contributed by atoms with Gasteiger partial charge in [-0.15, -0.1) is 0 Å². The van der Waals surface area contributed by atoms with Crippen molar-refractivity contribution < 1.29 is 0 Å². The Balaban J connectivity index is 2.27. The predicted octanol–water partition coefficient (Wildman–Crippen LogP) is 2.28. The fraction of sp³-hybridized carbons (Fsp3) is 0.222. The van der Waals surface area contributed by atoms with Gasteiger partial charge in [-0.2, -0.15) is 4.37 Å². The minimum atomic E-state index is 0.679. The second kappa shape index (κ2) is 4.16. The van der Waals surface area contributed by atoms with Crippen molar-refractivity contribution in [2.24, 2.45) is 0 Å². The molecule has 0 spiro atoms. The van der Waals surface area contributed by atoms with E-state index in [1.165, 1.54) is 23.3 Å². The monoisotopic (exact) mass is 238 g/mol. The van der Waals surface area contributed by atoms with Crippen molar-refractivity contribution in [3.63, 3.8) is 0 Å². The number of pyridine rings is 1. The molecule has 2 rings (SSSR count). The Morgan fingerprint density at radius 1 is 1.27 bits per heavy atom. The number of nitrogen functional groups attached to an aromatic ring is 1. The van der Waals surface area contributed by atoms with Gasteiger partial charge < -0.3 is 5.73 Å². The SMILES string of the molecule is Cc1ccc(N)c(Sc2nc(C)ns2)n1. The molecule has 0 aliphatic rings. The summed E-state index contributed by atoms with van der Waals surface area (Å²) >= 11 is 2.82. The average Bonchev–Trinajstić information content (AvgIpc) is 2.58. The molecule has 78 valence electrons. The van der Waals surface area contributed by atoms with Gasteiger partial charge in [-0.05, 0) is 49.3 Å². The van der Waals surface area contributed by atoms with Crippen molar-refractivity contribution >= 4 is 29.0 Å². The van der Waals surface area contributed by atoms with E-state index in [-0.39, 0.29) is 0 Å². The lowest BCUT2D eigenvalue weighted by atomic mass is 10.3. The summed E-state index contributed by atoms with van der Waals surface area (Å²) in [7, 11) is 0. The van der Waals surface area contributed by atoms with Crippen molar-refractivity contribution in [2.75, 3.05) is 5.73 Å². The van der Waals surface area contributed by atoms with E-state index in [4.69, 9.17) is 5.73 Å². The summed E-state index contributed by atoms with van der Waals surface area (Å²) in [4.78, 5) is 8.61. The highest BCUT2D eigenvalue weighted by Gasteiger charge is 2.07. The average molecular weight is 238 g/mol. The Morgan fingerprint density at radius 3 is 2.73 bits per heavy atom. The van der Waals surface area contributed by atoms with Gasteiger partial charge in [0.1, 0.15) is 10.9 Å². The number of anilines is 1. The molecule has 0 aliphatic carbocycles. The quantitative estimate of drug-likeness (QED) is 0.869. The van der Waals surface area contributed by atoms with Gasteiger partial charge in [0, 0.05) is 5.69 Å². The zero-order valence-electron chi connectivity index (χ0n) is 8.39. The van der Waals surface area contributed by atoms with Crippen molar-refractivity contribution in [1.82, 2.24) is 14.3 Å². The normalized spacial score (nSPS) is 10.5. The molecule has 0 saturated heterocycles. The second-order valence-corrected chi connectivity index (χ2v) is 5.04. The first kappa shape index (κ1) is 10.4. The predicted molar refractivity (Wildman–Crippen MR) is 62.2 cm³/mol. The largest absolute Gasteiger partial charge is 0.397 e. The molecule has 15 heavy (non-hydrogen) atoms. The van der Waals surface area contributed by atoms with E-state index < -0.39 is 0 Å². The molecule has 2 aromatic heterocycles. The van der Waals surface area contributed by atoms with Crippen molar-refractivity contribution in [3.8, 4) is 0 Å². The maximum atomic E-state index is 5.82. The molecule has 0 amide bonds. The van der Waals surface area contributed by atoms with Crippen LogP contribution in [-0.4, -0.2) is 14.3 Å². The third-order valence-electron chi connectivity index (χ3n) is 1.72. The summed E-state index contributed by atoms with van der Waals surface area (Å²) in [5.41, 5.74) is 7.45. The van der Waals surface area contributed by atoms with Gasteiger partial charge in [0.15, 0.2) is 4.34 Å². The molecule has 6 heteroatoms. The maximum absolute atomic E-state index is 5.82. The first-order valence-electron chi connectivity index (χ1n) is 4.36. The molecule has 0 atom stereocenters. The van der Waals surface area contributed by atoms with Crippen LogP contribution in [0.2, 0.25) is 0 Å². The third-order valence-corrected chi connectivity index (χ3v) is 3.58. The molecule has 4 nitrogen and oxygen atoms in total. The van der Waals surface area contributed by atoms with Crippen LogP contribution in [0.15, 0.2) is 21.5 Å². The highest BCUT2D eigenvalue weighted by Crippen LogP contribution is 2.31. The van der Waals surface area contributed by atoms with E-state index in [0.717, 1.165) is 20.9 Å². The molecule has 0 aromatic carbocycles. The summed E-state index contributed by atoms with van der Waals surface area (Å²) in [6.07, 6.45) is 0. The van der Waals surface area contributed by atoms with Crippen LogP contribution < -0.4 is 5.73 Å². The Morgan fingerprint density at radius 2 is 2.07 bits per heavy atom. The topological polar surface area (TPSA) is 64.7 Å². The highest BCUT2D eigenvalue weighted by molar-refractivity contribution is 8.01. The Hall–Kier alpha value is -1.14. The van der Waals surface area contributed by atoms with Gasteiger partial charge in [0.05, 0.1) is 5.69 Å². The van der Waals surface area contributed by atoms with Crippen LogP contribution in [0.1, 0.15) is 11.5 Å². The van der Waals surface area contributed by atoms with E-state index in [1.54, 1.807) is 0 Å². The van der Waals surface area contributed by atoms with E-state index in [9.17, 15) is 0 Å². The number of hydrogen-bond donors (Lipinski definition) is 1. The smallest absolute Gasteiger partial charge is 0.176 e. The molecule has 0 aliphatic heterocycles. The number of aromatic nitrogens is 3. The Kier molecular flexibility index (Phi) is 2.88. The first-order valence-corrected chi connectivity index (χ1v) is 5.95. The minimum Gasteiger partial charge on any atom is -0.397 e. The van der Waals surface area contributed by atoms with Crippen LogP contribution in [0.5, 0.6) is 0 Å². The van der Waals surface area contributed by atoms with Gasteiger partial charge in [0.25, 0.3) is 0 Å². The number of nitrogens with zero attached hydrogens (tertiary/aromatic N) is 3. The minimum absolute atomic E-state index is 0.679. The fourth-order valence-electron chi connectivity index (χ4n) is 1.03. The Labute approximate surface area is 96.1 Å². The molecule has 2 aromatic rings. The van der Waals surface area contributed by atoms with Crippen LogP contribution in [0.25, 0.3) is 0 Å². The van der Waals surface area contributed by atoms with Crippen LogP contribution in [0.3, 0.4) is 0 Å². The van der Waals surface area contributed by atoms with E-state index >= 15 is 0 Å². The van der Waals surface area contributed by atoms with Gasteiger partial charge in [-0.3, -0.25) is 0 Å². The first-order chi connectivity index (χ1) is 7.15. The molecule has 0 fully saturated rings. The molecule has 0 saturated carbocycles. The fourth-order valence-corrected chi connectivity index (χ4v) is 2.67. The van der Waals surface area contributed by atoms with Crippen LogP contribution in [0.4, 0.5) is 5.69 Å². The lowest BCUT2D eigenvalue weighted by molar-refractivity contribution is 1.06. The molecule has 0 unspecified atom stereocenters. The van der Waals surface area contributed by atoms with Gasteiger partial charge in [0.2, 0.25) is 0 Å². The molecule has 0 bridgehead atoms. The molecular weight excluding hydrogens is 228 g/mol. The van der Waals surface area contributed by atoms with Gasteiger partial charge in [-0.1, -0.05) is 0 Å². The van der Waals surface area contributed by atoms with Gasteiger partial charge in [-0.25, -0.2) is 9.97 Å². The van der Waals surface area contributed by atoms with E-state index in [1.807, 2.05) is 26.0 Å². The maximum Gasteiger partial charge on any atom is 0.176 e. The van der Waals surface area contributed by atoms with Crippen LogP contribution >= 0.6 is 23.3 Å². The molecule has 2 N–H and O–H groups in total.